The number of rotatable bonds is 6. The summed E-state index contributed by atoms with van der Waals surface area (Å²) < 4.78 is 17.2. The largest absolute Gasteiger partial charge is 0.326 e. The summed E-state index contributed by atoms with van der Waals surface area (Å²) in [5, 5.41) is 2.89. The molecule has 0 fully saturated rings. The average Bonchev–Trinajstić information content (AvgIpc) is 3.21. The molecule has 0 bridgehead atoms. The van der Waals surface area contributed by atoms with Crippen LogP contribution < -0.4 is 10.9 Å². The zero-order chi connectivity index (χ0) is 21.3. The van der Waals surface area contributed by atoms with E-state index < -0.39 is 5.82 Å². The Labute approximate surface area is 173 Å². The van der Waals surface area contributed by atoms with E-state index in [0.29, 0.717) is 29.9 Å². The number of anilines is 1. The number of nitrogens with one attached hydrogen (secondary N) is 1. The Morgan fingerprint density at radius 2 is 1.80 bits per heavy atom. The van der Waals surface area contributed by atoms with Crippen molar-refractivity contribution in [2.24, 2.45) is 0 Å². The van der Waals surface area contributed by atoms with Gasteiger partial charge in [-0.05, 0) is 60.4 Å². The first-order valence-corrected chi connectivity index (χ1v) is 10.1. The minimum absolute atomic E-state index is 0.111. The maximum atomic E-state index is 13.9. The van der Waals surface area contributed by atoms with Crippen molar-refractivity contribution in [2.75, 3.05) is 5.32 Å². The van der Waals surface area contributed by atoms with Crippen LogP contribution in [0, 0.1) is 5.82 Å². The standard InChI is InChI=1S/C24H24FN3O2/c1-16(2)17-7-10-19(11-8-17)26-23(29)6-4-14-28-22-15-18(25)9-12-20(22)27-13-3-5-21(27)24(28)30/h3,5,7-13,15-16H,4,6,14H2,1-2H3,(H,26,29). The summed E-state index contributed by atoms with van der Waals surface area (Å²) in [6, 6.07) is 15.8. The first-order valence-electron chi connectivity index (χ1n) is 10.1. The average molecular weight is 405 g/mol. The van der Waals surface area contributed by atoms with Gasteiger partial charge in [0.15, 0.2) is 0 Å². The number of aromatic nitrogens is 2. The lowest BCUT2D eigenvalue weighted by Gasteiger charge is -2.13. The molecule has 0 aliphatic rings. The highest BCUT2D eigenvalue weighted by molar-refractivity contribution is 5.90. The second-order valence-corrected chi connectivity index (χ2v) is 7.78. The summed E-state index contributed by atoms with van der Waals surface area (Å²) in [5.74, 6) is -0.0741. The highest BCUT2D eigenvalue weighted by Crippen LogP contribution is 2.19. The van der Waals surface area contributed by atoms with Gasteiger partial charge in [-0.1, -0.05) is 26.0 Å². The Morgan fingerprint density at radius 1 is 1.03 bits per heavy atom. The quantitative estimate of drug-likeness (QED) is 0.494. The molecule has 2 aromatic heterocycles. The molecule has 0 saturated heterocycles. The maximum Gasteiger partial charge on any atom is 0.275 e. The van der Waals surface area contributed by atoms with Crippen molar-refractivity contribution >= 4 is 28.1 Å². The molecule has 30 heavy (non-hydrogen) atoms. The van der Waals surface area contributed by atoms with Crippen molar-refractivity contribution in [3.05, 3.63) is 82.5 Å². The Bertz CT molecular complexity index is 1270. The number of benzene rings is 2. The van der Waals surface area contributed by atoms with Crippen molar-refractivity contribution < 1.29 is 9.18 Å². The summed E-state index contributed by atoms with van der Waals surface area (Å²) in [5.41, 5.74) is 3.58. The van der Waals surface area contributed by atoms with Crippen LogP contribution in [0.5, 0.6) is 0 Å². The molecule has 0 saturated carbocycles. The smallest absolute Gasteiger partial charge is 0.275 e. The van der Waals surface area contributed by atoms with E-state index in [2.05, 4.69) is 19.2 Å². The number of carbonyl (C=O) groups is 1. The normalized spacial score (nSPS) is 11.5. The van der Waals surface area contributed by atoms with Gasteiger partial charge in [0, 0.05) is 24.8 Å². The number of fused-ring (bicyclic) bond motifs is 3. The van der Waals surface area contributed by atoms with Gasteiger partial charge in [-0.15, -0.1) is 0 Å². The summed E-state index contributed by atoms with van der Waals surface area (Å²) in [6.45, 7) is 4.58. The fourth-order valence-electron chi connectivity index (χ4n) is 3.72. The molecule has 4 rings (SSSR count). The first-order chi connectivity index (χ1) is 14.4. The predicted molar refractivity (Wildman–Crippen MR) is 118 cm³/mol. The molecule has 2 heterocycles. The predicted octanol–water partition coefficient (Wildman–Crippen LogP) is 4.94. The molecule has 1 N–H and O–H groups in total. The SMILES string of the molecule is CC(C)c1ccc(NC(=O)CCCn2c(=O)c3cccn3c3ccc(F)cc32)cc1. The summed E-state index contributed by atoms with van der Waals surface area (Å²) in [4.78, 5) is 25.2. The number of nitrogens with zero attached hydrogens (tertiary/aromatic N) is 2. The van der Waals surface area contributed by atoms with Crippen LogP contribution in [-0.4, -0.2) is 14.9 Å². The van der Waals surface area contributed by atoms with E-state index in [9.17, 15) is 14.0 Å². The Hall–Kier alpha value is -3.41. The fourth-order valence-corrected chi connectivity index (χ4v) is 3.72. The van der Waals surface area contributed by atoms with Crippen molar-refractivity contribution in [3.8, 4) is 0 Å². The van der Waals surface area contributed by atoms with Crippen LogP contribution >= 0.6 is 0 Å². The zero-order valence-electron chi connectivity index (χ0n) is 17.1. The van der Waals surface area contributed by atoms with E-state index in [-0.39, 0.29) is 17.9 Å². The van der Waals surface area contributed by atoms with Gasteiger partial charge in [0.2, 0.25) is 5.91 Å². The van der Waals surface area contributed by atoms with Crippen LogP contribution in [0.25, 0.3) is 16.6 Å². The zero-order valence-corrected chi connectivity index (χ0v) is 17.1. The summed E-state index contributed by atoms with van der Waals surface area (Å²) in [7, 11) is 0. The third-order valence-corrected chi connectivity index (χ3v) is 5.35. The van der Waals surface area contributed by atoms with Crippen LogP contribution in [0.1, 0.15) is 38.2 Å². The number of halogens is 1. The lowest BCUT2D eigenvalue weighted by Crippen LogP contribution is -2.23. The van der Waals surface area contributed by atoms with Crippen LogP contribution in [0.4, 0.5) is 10.1 Å². The molecule has 2 aromatic carbocycles. The second-order valence-electron chi connectivity index (χ2n) is 7.78. The van der Waals surface area contributed by atoms with E-state index in [4.69, 9.17) is 0 Å². The van der Waals surface area contributed by atoms with Gasteiger partial charge in [0.25, 0.3) is 5.56 Å². The molecule has 5 nitrogen and oxygen atoms in total. The highest BCUT2D eigenvalue weighted by atomic mass is 19.1. The number of amides is 1. The number of hydrogen-bond acceptors (Lipinski definition) is 2. The minimum Gasteiger partial charge on any atom is -0.326 e. The topological polar surface area (TPSA) is 55.5 Å². The maximum absolute atomic E-state index is 13.9. The lowest BCUT2D eigenvalue weighted by molar-refractivity contribution is -0.116. The highest BCUT2D eigenvalue weighted by Gasteiger charge is 2.12. The summed E-state index contributed by atoms with van der Waals surface area (Å²) >= 11 is 0. The van der Waals surface area contributed by atoms with Gasteiger partial charge in [0.1, 0.15) is 11.3 Å². The van der Waals surface area contributed by atoms with Gasteiger partial charge in [-0.25, -0.2) is 4.39 Å². The molecule has 4 aromatic rings. The molecule has 0 unspecified atom stereocenters. The van der Waals surface area contributed by atoms with E-state index in [0.717, 1.165) is 11.2 Å². The molecular weight excluding hydrogens is 381 g/mol. The van der Waals surface area contributed by atoms with Crippen LogP contribution in [-0.2, 0) is 11.3 Å². The van der Waals surface area contributed by atoms with Gasteiger partial charge >= 0.3 is 0 Å². The Kier molecular flexibility index (Phi) is 5.40. The molecule has 6 heteroatoms. The molecule has 154 valence electrons. The van der Waals surface area contributed by atoms with Crippen molar-refractivity contribution in [1.82, 2.24) is 8.97 Å². The molecule has 0 spiro atoms. The van der Waals surface area contributed by atoms with Gasteiger partial charge < -0.3 is 14.3 Å². The Balaban J connectivity index is 1.49. The first kappa shape index (κ1) is 19.9. The molecular formula is C24H24FN3O2. The molecule has 0 atom stereocenters. The van der Waals surface area contributed by atoms with Gasteiger partial charge in [-0.2, -0.15) is 0 Å². The third kappa shape index (κ3) is 3.85. The van der Waals surface area contributed by atoms with Crippen LogP contribution in [0.15, 0.2) is 65.6 Å². The number of carbonyl (C=O) groups excluding carboxylic acids is 1. The lowest BCUT2D eigenvalue weighted by atomic mass is 10.0. The van der Waals surface area contributed by atoms with E-state index in [1.165, 1.54) is 17.7 Å². The van der Waals surface area contributed by atoms with Gasteiger partial charge in [-0.3, -0.25) is 9.59 Å². The number of hydrogen-bond donors (Lipinski definition) is 1. The fraction of sp³-hybridized carbons (Fsp3) is 0.250. The molecule has 0 aliphatic carbocycles. The van der Waals surface area contributed by atoms with Gasteiger partial charge in [0.05, 0.1) is 11.0 Å². The van der Waals surface area contributed by atoms with Crippen molar-refractivity contribution in [1.29, 1.82) is 0 Å². The van der Waals surface area contributed by atoms with Crippen molar-refractivity contribution in [2.45, 2.75) is 39.2 Å². The number of aryl methyl sites for hydroxylation is 1. The molecule has 1 amide bonds. The van der Waals surface area contributed by atoms with Crippen molar-refractivity contribution in [3.63, 3.8) is 0 Å². The van der Waals surface area contributed by atoms with E-state index >= 15 is 0 Å². The second kappa shape index (κ2) is 8.14. The van der Waals surface area contributed by atoms with Crippen LogP contribution in [0.2, 0.25) is 0 Å². The monoisotopic (exact) mass is 405 g/mol. The molecule has 0 aliphatic heterocycles. The molecule has 0 radical (unpaired) electrons. The van der Waals surface area contributed by atoms with E-state index in [1.807, 2.05) is 24.3 Å². The van der Waals surface area contributed by atoms with Crippen LogP contribution in [0.3, 0.4) is 0 Å². The summed E-state index contributed by atoms with van der Waals surface area (Å²) in [6.07, 6.45) is 2.53. The third-order valence-electron chi connectivity index (χ3n) is 5.35. The minimum atomic E-state index is -0.398. The Morgan fingerprint density at radius 3 is 2.53 bits per heavy atom. The van der Waals surface area contributed by atoms with E-state index in [1.54, 1.807) is 33.4 Å².